The van der Waals surface area contributed by atoms with E-state index < -0.39 is 11.7 Å². The van der Waals surface area contributed by atoms with Gasteiger partial charge < -0.3 is 5.32 Å². The van der Waals surface area contributed by atoms with E-state index in [1.54, 1.807) is 7.05 Å². The van der Waals surface area contributed by atoms with Crippen LogP contribution in [0, 0.1) is 0 Å². The van der Waals surface area contributed by atoms with E-state index in [4.69, 9.17) is 0 Å². The lowest BCUT2D eigenvalue weighted by molar-refractivity contribution is -0.138. The summed E-state index contributed by atoms with van der Waals surface area (Å²) in [5.41, 5.74) is -0.410. The molecule has 2 nitrogen and oxygen atoms in total. The minimum absolute atomic E-state index is 0.124. The Morgan fingerprint density at radius 2 is 2.12 bits per heavy atom. The molecule has 16 heavy (non-hydrogen) atoms. The van der Waals surface area contributed by atoms with Crippen molar-refractivity contribution in [1.29, 1.82) is 0 Å². The smallest absolute Gasteiger partial charge is 0.314 e. The fourth-order valence-corrected chi connectivity index (χ4v) is 1.86. The lowest BCUT2D eigenvalue weighted by Gasteiger charge is -2.17. The van der Waals surface area contributed by atoms with E-state index in [1.165, 1.54) is 12.3 Å². The summed E-state index contributed by atoms with van der Waals surface area (Å²) in [4.78, 5) is 3.55. The van der Waals surface area contributed by atoms with Gasteiger partial charge in [0.2, 0.25) is 0 Å². The normalized spacial score (nSPS) is 18.5. The zero-order valence-electron chi connectivity index (χ0n) is 8.93. The van der Waals surface area contributed by atoms with Crippen molar-refractivity contribution in [1.82, 2.24) is 10.3 Å². The molecule has 0 radical (unpaired) electrons. The van der Waals surface area contributed by atoms with E-state index in [0.29, 0.717) is 12.0 Å². The van der Waals surface area contributed by atoms with Crippen LogP contribution in [0.4, 0.5) is 13.2 Å². The van der Waals surface area contributed by atoms with E-state index in [9.17, 15) is 13.2 Å². The van der Waals surface area contributed by atoms with Gasteiger partial charge in [-0.3, -0.25) is 4.98 Å². The third kappa shape index (κ3) is 2.19. The van der Waals surface area contributed by atoms with Crippen molar-refractivity contribution in [2.75, 3.05) is 7.05 Å². The van der Waals surface area contributed by atoms with Crippen molar-refractivity contribution in [2.24, 2.45) is 0 Å². The van der Waals surface area contributed by atoms with Crippen LogP contribution in [-0.2, 0) is 12.6 Å². The van der Waals surface area contributed by atoms with Crippen molar-refractivity contribution in [3.8, 4) is 0 Å². The van der Waals surface area contributed by atoms with Crippen molar-refractivity contribution in [3.63, 3.8) is 0 Å². The predicted octanol–water partition coefficient (Wildman–Crippen LogP) is 2.39. The molecule has 1 N–H and O–H groups in total. The number of nitrogens with one attached hydrogen (secondary N) is 1. The number of halogens is 3. The van der Waals surface area contributed by atoms with Gasteiger partial charge in [0, 0.05) is 17.9 Å². The van der Waals surface area contributed by atoms with E-state index >= 15 is 0 Å². The van der Waals surface area contributed by atoms with E-state index in [2.05, 4.69) is 10.3 Å². The predicted molar refractivity (Wildman–Crippen MR) is 54.0 cm³/mol. The van der Waals surface area contributed by atoms with Gasteiger partial charge in [-0.05, 0) is 37.9 Å². The molecule has 1 aromatic heterocycles. The average molecular weight is 230 g/mol. The second kappa shape index (κ2) is 3.73. The second-order valence-electron chi connectivity index (χ2n) is 4.24. The van der Waals surface area contributed by atoms with Gasteiger partial charge in [0.25, 0.3) is 0 Å². The van der Waals surface area contributed by atoms with Gasteiger partial charge in [0.15, 0.2) is 0 Å². The largest absolute Gasteiger partial charge is 0.418 e. The molecule has 0 aromatic carbocycles. The Kier molecular flexibility index (Phi) is 2.66. The zero-order valence-corrected chi connectivity index (χ0v) is 8.93. The molecule has 1 saturated carbocycles. The molecule has 1 fully saturated rings. The standard InChI is InChI=1S/C11H13F3N2/c1-15-10(3-4-10)6-8-2-5-16-7-9(8)11(12,13)14/h2,5,7,15H,3-4,6H2,1H3. The molecule has 1 aromatic rings. The summed E-state index contributed by atoms with van der Waals surface area (Å²) in [5, 5.41) is 3.09. The Hall–Kier alpha value is -1.10. The molecule has 0 bridgehead atoms. The molecule has 88 valence electrons. The van der Waals surface area contributed by atoms with Gasteiger partial charge in [-0.1, -0.05) is 0 Å². The molecule has 2 rings (SSSR count). The van der Waals surface area contributed by atoms with Crippen LogP contribution in [-0.4, -0.2) is 17.6 Å². The van der Waals surface area contributed by atoms with E-state index in [0.717, 1.165) is 19.0 Å². The number of pyridine rings is 1. The molecule has 0 aliphatic heterocycles. The van der Waals surface area contributed by atoms with Crippen LogP contribution in [0.3, 0.4) is 0 Å². The summed E-state index contributed by atoms with van der Waals surface area (Å²) in [5.74, 6) is 0. The summed E-state index contributed by atoms with van der Waals surface area (Å²) >= 11 is 0. The van der Waals surface area contributed by atoms with Crippen LogP contribution in [0.5, 0.6) is 0 Å². The lowest BCUT2D eigenvalue weighted by Crippen LogP contribution is -2.30. The van der Waals surface area contributed by atoms with Crippen LogP contribution in [0.2, 0.25) is 0 Å². The van der Waals surface area contributed by atoms with Gasteiger partial charge in [0.05, 0.1) is 5.56 Å². The van der Waals surface area contributed by atoms with E-state index in [1.807, 2.05) is 0 Å². The average Bonchev–Trinajstić information content (AvgIpc) is 2.98. The van der Waals surface area contributed by atoms with Crippen molar-refractivity contribution in [3.05, 3.63) is 29.6 Å². The fraction of sp³-hybridized carbons (Fsp3) is 0.545. The molecule has 0 unspecified atom stereocenters. The minimum Gasteiger partial charge on any atom is -0.314 e. The van der Waals surface area contributed by atoms with Crippen molar-refractivity contribution >= 4 is 0 Å². The lowest BCUT2D eigenvalue weighted by atomic mass is 10.0. The first-order valence-electron chi connectivity index (χ1n) is 5.16. The van der Waals surface area contributed by atoms with Crippen molar-refractivity contribution < 1.29 is 13.2 Å². The Morgan fingerprint density at radius 1 is 1.44 bits per heavy atom. The number of nitrogens with zero attached hydrogens (tertiary/aromatic N) is 1. The minimum atomic E-state index is -4.31. The third-order valence-corrected chi connectivity index (χ3v) is 3.13. The van der Waals surface area contributed by atoms with Gasteiger partial charge in [-0.2, -0.15) is 13.2 Å². The Balaban J connectivity index is 2.27. The number of rotatable bonds is 3. The number of hydrogen-bond acceptors (Lipinski definition) is 2. The maximum Gasteiger partial charge on any atom is 0.418 e. The van der Waals surface area contributed by atoms with Gasteiger partial charge in [-0.25, -0.2) is 0 Å². The van der Waals surface area contributed by atoms with Gasteiger partial charge >= 0.3 is 6.18 Å². The van der Waals surface area contributed by atoms with Crippen LogP contribution < -0.4 is 5.32 Å². The number of likely N-dealkylation sites (N-methyl/N-ethyl adjacent to an activating group) is 1. The first kappa shape index (κ1) is 11.4. The highest BCUT2D eigenvalue weighted by molar-refractivity contribution is 5.29. The maximum absolute atomic E-state index is 12.7. The van der Waals surface area contributed by atoms with Crippen LogP contribution in [0.25, 0.3) is 0 Å². The summed E-state index contributed by atoms with van der Waals surface area (Å²) in [6.07, 6.45) is 0.290. The fourth-order valence-electron chi connectivity index (χ4n) is 1.86. The van der Waals surface area contributed by atoms with E-state index in [-0.39, 0.29) is 5.54 Å². The van der Waals surface area contributed by atoms with Crippen LogP contribution in [0.15, 0.2) is 18.5 Å². The molecule has 1 aliphatic rings. The van der Waals surface area contributed by atoms with Crippen LogP contribution in [0.1, 0.15) is 24.0 Å². The maximum atomic E-state index is 12.7. The molecular weight excluding hydrogens is 217 g/mol. The third-order valence-electron chi connectivity index (χ3n) is 3.13. The molecule has 0 atom stereocenters. The van der Waals surface area contributed by atoms with Crippen molar-refractivity contribution in [2.45, 2.75) is 31.0 Å². The Bertz CT molecular complexity index is 383. The molecule has 5 heteroatoms. The summed E-state index contributed by atoms with van der Waals surface area (Å²) < 4.78 is 38.1. The Labute approximate surface area is 91.9 Å². The summed E-state index contributed by atoms with van der Waals surface area (Å²) in [6.45, 7) is 0. The highest BCUT2D eigenvalue weighted by Crippen LogP contribution is 2.41. The quantitative estimate of drug-likeness (QED) is 0.862. The first-order chi connectivity index (χ1) is 7.47. The molecule has 0 spiro atoms. The van der Waals surface area contributed by atoms with Crippen LogP contribution >= 0.6 is 0 Å². The van der Waals surface area contributed by atoms with Gasteiger partial charge in [-0.15, -0.1) is 0 Å². The zero-order chi connectivity index (χ0) is 11.8. The number of aromatic nitrogens is 1. The Morgan fingerprint density at radius 3 is 2.62 bits per heavy atom. The highest BCUT2D eigenvalue weighted by atomic mass is 19.4. The second-order valence-corrected chi connectivity index (χ2v) is 4.24. The molecule has 0 amide bonds. The molecule has 1 heterocycles. The monoisotopic (exact) mass is 230 g/mol. The SMILES string of the molecule is CNC1(Cc2ccncc2C(F)(F)F)CC1. The summed E-state index contributed by atoms with van der Waals surface area (Å²) in [6, 6.07) is 1.46. The molecule has 0 saturated heterocycles. The molecule has 1 aliphatic carbocycles. The number of alkyl halides is 3. The van der Waals surface area contributed by atoms with Gasteiger partial charge in [0.1, 0.15) is 0 Å². The number of hydrogen-bond donors (Lipinski definition) is 1. The summed E-state index contributed by atoms with van der Waals surface area (Å²) in [7, 11) is 1.79. The first-order valence-corrected chi connectivity index (χ1v) is 5.16. The highest BCUT2D eigenvalue weighted by Gasteiger charge is 2.43. The topological polar surface area (TPSA) is 24.9 Å². The molecular formula is C11H13F3N2.